The maximum Gasteiger partial charge on any atom is 0.315 e. The number of hydrogen-bond acceptors (Lipinski definition) is 6. The molecule has 0 bridgehead atoms. The summed E-state index contributed by atoms with van der Waals surface area (Å²) in [6, 6.07) is 15.6. The standard InChI is InChI=1S/C28H31ClN2O4/c1-17-25(28(33)35-14-13-34-4)26(19-7-11-22(12-8-19)31(2)3)27-23(30-17)15-20(16-24(27)32)18-5-9-21(29)10-6-18/h5-12,20,25-26H,13-16H2,1-4H3/t20-,25?,26+/m1/s1. The Bertz CT molecular complexity index is 1150. The zero-order valence-corrected chi connectivity index (χ0v) is 21.3. The summed E-state index contributed by atoms with van der Waals surface area (Å²) in [5, 5.41) is 0.665. The molecule has 6 nitrogen and oxygen atoms in total. The van der Waals surface area contributed by atoms with Crippen molar-refractivity contribution >= 4 is 34.8 Å². The number of anilines is 1. The molecule has 2 aromatic rings. The van der Waals surface area contributed by atoms with Crippen molar-refractivity contribution in [2.75, 3.05) is 39.3 Å². The molecule has 35 heavy (non-hydrogen) atoms. The molecule has 1 aliphatic carbocycles. The van der Waals surface area contributed by atoms with Crippen LogP contribution in [0.4, 0.5) is 5.69 Å². The van der Waals surface area contributed by atoms with E-state index in [0.717, 1.165) is 22.5 Å². The van der Waals surface area contributed by atoms with Crippen molar-refractivity contribution in [3.63, 3.8) is 0 Å². The Labute approximate surface area is 211 Å². The van der Waals surface area contributed by atoms with Crippen LogP contribution >= 0.6 is 11.6 Å². The molecule has 2 aliphatic rings. The highest BCUT2D eigenvalue weighted by atomic mass is 35.5. The lowest BCUT2D eigenvalue weighted by Crippen LogP contribution is -2.38. The van der Waals surface area contributed by atoms with Crippen LogP contribution in [-0.4, -0.2) is 51.9 Å². The SMILES string of the molecule is COCCOC(=O)C1C(C)=NC2=C(C(=O)C[C@H](c3ccc(Cl)cc3)C2)[C@H]1c1ccc(N(C)C)cc1. The first-order valence-corrected chi connectivity index (χ1v) is 12.2. The van der Waals surface area contributed by atoms with E-state index in [1.807, 2.05) is 74.4 Å². The van der Waals surface area contributed by atoms with Crippen LogP contribution in [0.5, 0.6) is 0 Å². The number of ketones is 1. The maximum atomic E-state index is 13.6. The average Bonchev–Trinajstić information content (AvgIpc) is 2.83. The zero-order chi connectivity index (χ0) is 25.1. The Balaban J connectivity index is 1.74. The smallest absolute Gasteiger partial charge is 0.315 e. The number of Topliss-reactive ketones (excluding diaryl/α,β-unsaturated/α-hetero) is 1. The minimum atomic E-state index is -0.660. The van der Waals surface area contributed by atoms with Crippen molar-refractivity contribution in [2.24, 2.45) is 10.9 Å². The number of esters is 1. The molecule has 3 atom stereocenters. The molecular weight excluding hydrogens is 464 g/mol. The van der Waals surface area contributed by atoms with E-state index in [2.05, 4.69) is 0 Å². The number of nitrogens with zero attached hydrogens (tertiary/aromatic N) is 2. The van der Waals surface area contributed by atoms with E-state index < -0.39 is 11.8 Å². The van der Waals surface area contributed by atoms with Crippen LogP contribution in [0.15, 0.2) is 64.8 Å². The van der Waals surface area contributed by atoms with Gasteiger partial charge in [-0.25, -0.2) is 0 Å². The van der Waals surface area contributed by atoms with Crippen LogP contribution < -0.4 is 4.90 Å². The molecular formula is C28H31ClN2O4. The van der Waals surface area contributed by atoms with Gasteiger partial charge in [-0.15, -0.1) is 0 Å². The highest BCUT2D eigenvalue weighted by molar-refractivity contribution is 6.30. The van der Waals surface area contributed by atoms with Crippen LogP contribution in [0, 0.1) is 5.92 Å². The molecule has 1 unspecified atom stereocenters. The number of rotatable bonds is 7. The molecule has 184 valence electrons. The zero-order valence-electron chi connectivity index (χ0n) is 20.6. The fraction of sp³-hybridized carbons (Fsp3) is 0.393. The van der Waals surface area contributed by atoms with E-state index in [-0.39, 0.29) is 24.3 Å². The normalized spacial score (nSPS) is 21.9. The van der Waals surface area contributed by atoms with Crippen molar-refractivity contribution < 1.29 is 19.1 Å². The number of allylic oxidation sites excluding steroid dienone is 2. The van der Waals surface area contributed by atoms with Crippen molar-refractivity contribution in [1.82, 2.24) is 0 Å². The summed E-state index contributed by atoms with van der Waals surface area (Å²) in [6.45, 7) is 2.32. The highest BCUT2D eigenvalue weighted by Crippen LogP contribution is 2.47. The molecule has 7 heteroatoms. The summed E-state index contributed by atoms with van der Waals surface area (Å²) in [5.41, 5.74) is 5.08. The van der Waals surface area contributed by atoms with E-state index in [9.17, 15) is 9.59 Å². The molecule has 1 heterocycles. The van der Waals surface area contributed by atoms with Gasteiger partial charge in [-0.05, 0) is 54.7 Å². The summed E-state index contributed by atoms with van der Waals surface area (Å²) in [5.74, 6) is -1.43. The van der Waals surface area contributed by atoms with Gasteiger partial charge in [0.25, 0.3) is 0 Å². The Morgan fingerprint density at radius 1 is 1.03 bits per heavy atom. The highest BCUT2D eigenvalue weighted by Gasteiger charge is 2.44. The largest absolute Gasteiger partial charge is 0.463 e. The summed E-state index contributed by atoms with van der Waals surface area (Å²) in [4.78, 5) is 33.7. The van der Waals surface area contributed by atoms with Gasteiger partial charge in [-0.2, -0.15) is 0 Å². The first kappa shape index (κ1) is 25.1. The van der Waals surface area contributed by atoms with Crippen LogP contribution in [0.25, 0.3) is 0 Å². The fourth-order valence-corrected chi connectivity index (χ4v) is 5.12. The third-order valence-corrected chi connectivity index (χ3v) is 7.04. The lowest BCUT2D eigenvalue weighted by atomic mass is 9.69. The minimum Gasteiger partial charge on any atom is -0.463 e. The van der Waals surface area contributed by atoms with Crippen molar-refractivity contribution in [1.29, 1.82) is 0 Å². The molecule has 1 aliphatic heterocycles. The lowest BCUT2D eigenvalue weighted by Gasteiger charge is -2.36. The van der Waals surface area contributed by atoms with E-state index in [0.29, 0.717) is 35.8 Å². The van der Waals surface area contributed by atoms with Gasteiger partial charge in [-0.3, -0.25) is 14.6 Å². The average molecular weight is 495 g/mol. The lowest BCUT2D eigenvalue weighted by molar-refractivity contribution is -0.147. The molecule has 4 rings (SSSR count). The number of carbonyl (C=O) groups is 2. The van der Waals surface area contributed by atoms with E-state index in [4.69, 9.17) is 26.1 Å². The number of carbonyl (C=O) groups excluding carboxylic acids is 2. The van der Waals surface area contributed by atoms with Crippen LogP contribution in [0.1, 0.15) is 42.7 Å². The Morgan fingerprint density at radius 2 is 1.69 bits per heavy atom. The van der Waals surface area contributed by atoms with Crippen molar-refractivity contribution in [3.05, 3.63) is 76.0 Å². The summed E-state index contributed by atoms with van der Waals surface area (Å²) < 4.78 is 10.6. The summed E-state index contributed by atoms with van der Waals surface area (Å²) in [6.07, 6.45) is 1.00. The molecule has 0 aromatic heterocycles. The monoisotopic (exact) mass is 494 g/mol. The number of hydrogen-bond donors (Lipinski definition) is 0. The van der Waals surface area contributed by atoms with Crippen molar-refractivity contribution in [2.45, 2.75) is 31.6 Å². The van der Waals surface area contributed by atoms with Gasteiger partial charge in [-0.1, -0.05) is 35.9 Å². The maximum absolute atomic E-state index is 13.6. The first-order chi connectivity index (χ1) is 16.8. The molecule has 0 N–H and O–H groups in total. The van der Waals surface area contributed by atoms with Gasteiger partial charge in [0, 0.05) is 61.2 Å². The second-order valence-electron chi connectivity index (χ2n) is 9.30. The number of benzene rings is 2. The number of methoxy groups -OCH3 is 1. The second kappa shape index (κ2) is 10.8. The third-order valence-electron chi connectivity index (χ3n) is 6.78. The topological polar surface area (TPSA) is 68.2 Å². The second-order valence-corrected chi connectivity index (χ2v) is 9.73. The van der Waals surface area contributed by atoms with Gasteiger partial charge in [0.1, 0.15) is 12.5 Å². The van der Waals surface area contributed by atoms with E-state index >= 15 is 0 Å². The molecule has 0 spiro atoms. The van der Waals surface area contributed by atoms with E-state index in [1.165, 1.54) is 0 Å². The van der Waals surface area contributed by atoms with E-state index in [1.54, 1.807) is 7.11 Å². The molecule has 0 radical (unpaired) electrons. The fourth-order valence-electron chi connectivity index (χ4n) is 4.99. The molecule has 0 fully saturated rings. The van der Waals surface area contributed by atoms with Crippen LogP contribution in [0.3, 0.4) is 0 Å². The predicted molar refractivity (Wildman–Crippen MR) is 138 cm³/mol. The quantitative estimate of drug-likeness (QED) is 0.392. The number of ether oxygens (including phenoxy) is 2. The molecule has 0 amide bonds. The first-order valence-electron chi connectivity index (χ1n) is 11.8. The molecule has 0 saturated heterocycles. The number of aliphatic imine (C=N–C) groups is 1. The minimum absolute atomic E-state index is 0.0250. The van der Waals surface area contributed by atoms with Gasteiger partial charge < -0.3 is 14.4 Å². The summed E-state index contributed by atoms with van der Waals surface area (Å²) >= 11 is 6.06. The molecule has 0 saturated carbocycles. The van der Waals surface area contributed by atoms with Gasteiger partial charge in [0.05, 0.1) is 6.61 Å². The van der Waals surface area contributed by atoms with Crippen molar-refractivity contribution in [3.8, 4) is 0 Å². The Morgan fingerprint density at radius 3 is 2.31 bits per heavy atom. The van der Waals surface area contributed by atoms with Gasteiger partial charge >= 0.3 is 5.97 Å². The molecule has 2 aromatic carbocycles. The summed E-state index contributed by atoms with van der Waals surface area (Å²) in [7, 11) is 5.51. The third kappa shape index (κ3) is 5.34. The van der Waals surface area contributed by atoms with Gasteiger partial charge in [0.2, 0.25) is 0 Å². The Hall–Kier alpha value is -2.96. The predicted octanol–water partition coefficient (Wildman–Crippen LogP) is 5.17. The van der Waals surface area contributed by atoms with Crippen LogP contribution in [-0.2, 0) is 19.1 Å². The number of halogens is 1. The Kier molecular flexibility index (Phi) is 7.72. The van der Waals surface area contributed by atoms with Crippen LogP contribution in [0.2, 0.25) is 5.02 Å². The van der Waals surface area contributed by atoms with Gasteiger partial charge in [0.15, 0.2) is 5.78 Å².